The minimum atomic E-state index is -3.49. The molecule has 0 aromatic heterocycles. The van der Waals surface area contributed by atoms with Gasteiger partial charge in [-0.25, -0.2) is 0 Å². The molecule has 0 N–H and O–H groups in total. The van der Waals surface area contributed by atoms with Crippen molar-refractivity contribution >= 4 is 13.3 Å². The van der Waals surface area contributed by atoms with Gasteiger partial charge in [0.1, 0.15) is 0 Å². The van der Waals surface area contributed by atoms with Crippen LogP contribution in [0.3, 0.4) is 0 Å². The number of carbonyl (C=O) groups excluding carboxylic acids is 1. The van der Waals surface area contributed by atoms with Crippen molar-refractivity contribution < 1.29 is 48.9 Å². The van der Waals surface area contributed by atoms with Gasteiger partial charge < -0.3 is 19.4 Å². The van der Waals surface area contributed by atoms with Crippen molar-refractivity contribution in [3.05, 3.63) is 0 Å². The third-order valence-corrected chi connectivity index (χ3v) is 5.23. The van der Waals surface area contributed by atoms with Gasteiger partial charge in [-0.3, -0.25) is 0 Å². The maximum absolute atomic E-state index is 11.6. The van der Waals surface area contributed by atoms with Crippen LogP contribution in [-0.2, 0) is 9.36 Å². The van der Waals surface area contributed by atoms with Gasteiger partial charge in [0.15, 0.2) is 0 Å². The molecule has 0 aliphatic heterocycles. The number of hydrogen-bond donors (Lipinski definition) is 0. The second-order valence-electron chi connectivity index (χ2n) is 3.86. The van der Waals surface area contributed by atoms with E-state index in [4.69, 9.17) is 0 Å². The minimum absolute atomic E-state index is 0. The Bertz CT molecular complexity index is 250. The zero-order chi connectivity index (χ0) is 10.6. The Kier molecular flexibility index (Phi) is 7.39. The van der Waals surface area contributed by atoms with Gasteiger partial charge in [0.05, 0.1) is 0 Å². The van der Waals surface area contributed by atoms with Crippen LogP contribution in [0.15, 0.2) is 0 Å². The molecule has 0 spiro atoms. The number of aliphatic carboxylic acids is 1. The summed E-state index contributed by atoms with van der Waals surface area (Å²) in [6.07, 6.45) is 3.79. The number of carbonyl (C=O) groups is 1. The molecule has 82 valence electrons. The van der Waals surface area contributed by atoms with E-state index in [1.807, 2.05) is 0 Å². The summed E-state index contributed by atoms with van der Waals surface area (Å²) in [5.74, 6) is -1.28. The van der Waals surface area contributed by atoms with Crippen LogP contribution in [0.1, 0.15) is 38.5 Å². The monoisotopic (exact) mass is 241 g/mol. The van der Waals surface area contributed by atoms with E-state index in [-0.39, 0.29) is 47.8 Å². The van der Waals surface area contributed by atoms with Gasteiger partial charge in [-0.05, 0) is 31.1 Å². The molecule has 0 heterocycles. The van der Waals surface area contributed by atoms with E-state index in [0.29, 0.717) is 12.8 Å². The summed E-state index contributed by atoms with van der Waals surface area (Å²) in [4.78, 5) is 21.8. The zero-order valence-corrected chi connectivity index (χ0v) is 12.0. The molecule has 1 fully saturated rings. The average Bonchev–Trinajstić information content (AvgIpc) is 2.16. The first-order chi connectivity index (χ1) is 6.52. The molecular weight excluding hydrogens is 226 g/mol. The summed E-state index contributed by atoms with van der Waals surface area (Å²) >= 11 is 0. The standard InChI is InChI=1S/C9H17O4P.Na/c10-9(11)6-7-14(12,13)8-4-2-1-3-5-8;/h8H,1-7H2,(H,10,11)(H,12,13);/q;+1/p-2. The largest absolute Gasteiger partial charge is 1.00 e. The first-order valence-electron chi connectivity index (χ1n) is 5.02. The Morgan fingerprint density at radius 2 is 1.80 bits per heavy atom. The van der Waals surface area contributed by atoms with Gasteiger partial charge >= 0.3 is 29.6 Å². The van der Waals surface area contributed by atoms with Crippen molar-refractivity contribution in [1.82, 2.24) is 0 Å². The summed E-state index contributed by atoms with van der Waals surface area (Å²) in [7, 11) is -3.49. The summed E-state index contributed by atoms with van der Waals surface area (Å²) in [5.41, 5.74) is -0.282. The number of hydrogen-bond acceptors (Lipinski definition) is 4. The second kappa shape index (κ2) is 7.08. The Morgan fingerprint density at radius 3 is 2.27 bits per heavy atom. The Morgan fingerprint density at radius 1 is 1.27 bits per heavy atom. The van der Waals surface area contributed by atoms with Gasteiger partial charge in [-0.15, -0.1) is 0 Å². The molecule has 1 unspecified atom stereocenters. The smallest absolute Gasteiger partial charge is 0.799 e. The van der Waals surface area contributed by atoms with E-state index in [9.17, 15) is 19.4 Å². The molecule has 1 aliphatic rings. The average molecular weight is 241 g/mol. The van der Waals surface area contributed by atoms with Gasteiger partial charge in [-0.2, -0.15) is 0 Å². The summed E-state index contributed by atoms with van der Waals surface area (Å²) in [6.45, 7) is 0. The molecule has 1 atom stereocenters. The third-order valence-electron chi connectivity index (χ3n) is 2.76. The number of carboxylic acid groups (broad SMARTS) is 1. The maximum atomic E-state index is 11.6. The van der Waals surface area contributed by atoms with Gasteiger partial charge in [0.25, 0.3) is 0 Å². The summed E-state index contributed by atoms with van der Waals surface area (Å²) in [5, 5.41) is 10.2. The quantitative estimate of drug-likeness (QED) is 0.390. The molecule has 6 heteroatoms. The van der Waals surface area contributed by atoms with Crippen molar-refractivity contribution in [2.75, 3.05) is 6.16 Å². The Labute approximate surface area is 112 Å². The number of rotatable bonds is 4. The fourth-order valence-electron chi connectivity index (χ4n) is 1.90. The van der Waals surface area contributed by atoms with Crippen molar-refractivity contribution in [3.8, 4) is 0 Å². The van der Waals surface area contributed by atoms with Crippen molar-refractivity contribution in [2.24, 2.45) is 0 Å². The summed E-state index contributed by atoms with van der Waals surface area (Å²) < 4.78 is 11.6. The fraction of sp³-hybridized carbons (Fsp3) is 0.889. The molecule has 4 nitrogen and oxygen atoms in total. The minimum Gasteiger partial charge on any atom is -0.799 e. The SMILES string of the molecule is O=C([O-])CCP(=O)([O-])C1CCCCC1.[Na+]. The van der Waals surface area contributed by atoms with Crippen LogP contribution >= 0.6 is 7.37 Å². The van der Waals surface area contributed by atoms with E-state index in [1.165, 1.54) is 0 Å². The third kappa shape index (κ3) is 5.50. The van der Waals surface area contributed by atoms with E-state index in [2.05, 4.69) is 0 Å². The van der Waals surface area contributed by atoms with Crippen LogP contribution in [0, 0.1) is 0 Å². The predicted molar refractivity (Wildman–Crippen MR) is 49.0 cm³/mol. The molecule has 1 rings (SSSR count). The molecule has 15 heavy (non-hydrogen) atoms. The topological polar surface area (TPSA) is 80.3 Å². The van der Waals surface area contributed by atoms with Gasteiger partial charge in [-0.1, -0.05) is 19.3 Å². The Balaban J connectivity index is 0.00000196. The van der Waals surface area contributed by atoms with E-state index in [1.54, 1.807) is 0 Å². The molecule has 0 amide bonds. The van der Waals surface area contributed by atoms with E-state index in [0.717, 1.165) is 19.3 Å². The van der Waals surface area contributed by atoms with Gasteiger partial charge in [0.2, 0.25) is 0 Å². The summed E-state index contributed by atoms with van der Waals surface area (Å²) in [6, 6.07) is 0. The van der Waals surface area contributed by atoms with E-state index >= 15 is 0 Å². The second-order valence-corrected chi connectivity index (χ2v) is 6.49. The van der Waals surface area contributed by atoms with Crippen molar-refractivity contribution in [2.45, 2.75) is 44.2 Å². The predicted octanol–water partition coefficient (Wildman–Crippen LogP) is -2.90. The van der Waals surface area contributed by atoms with Crippen LogP contribution in [0.5, 0.6) is 0 Å². The van der Waals surface area contributed by atoms with Crippen molar-refractivity contribution in [3.63, 3.8) is 0 Å². The molecule has 0 radical (unpaired) electrons. The zero-order valence-electron chi connectivity index (χ0n) is 9.11. The van der Waals surface area contributed by atoms with Crippen molar-refractivity contribution in [1.29, 1.82) is 0 Å². The Hall–Kier alpha value is 0.660. The fourth-order valence-corrected chi connectivity index (χ4v) is 3.92. The molecule has 0 aromatic carbocycles. The molecule has 1 aliphatic carbocycles. The first-order valence-corrected chi connectivity index (χ1v) is 6.90. The molecule has 0 bridgehead atoms. The van der Waals surface area contributed by atoms with Gasteiger partial charge in [0, 0.05) is 13.3 Å². The molecule has 0 aromatic rings. The van der Waals surface area contributed by atoms with Crippen LogP contribution in [0.4, 0.5) is 0 Å². The first kappa shape index (κ1) is 15.7. The van der Waals surface area contributed by atoms with Crippen LogP contribution < -0.4 is 39.6 Å². The normalized spacial score (nSPS) is 21.4. The van der Waals surface area contributed by atoms with Crippen LogP contribution in [0.2, 0.25) is 0 Å². The number of carboxylic acids is 1. The van der Waals surface area contributed by atoms with Crippen LogP contribution in [-0.4, -0.2) is 17.8 Å². The van der Waals surface area contributed by atoms with Crippen LogP contribution in [0.25, 0.3) is 0 Å². The molecular formula is C9H15NaO4P-. The molecule has 0 saturated heterocycles. The maximum Gasteiger partial charge on any atom is 1.00 e. The van der Waals surface area contributed by atoms with E-state index < -0.39 is 13.3 Å². The molecule has 1 saturated carbocycles.